The van der Waals surface area contributed by atoms with E-state index in [1.807, 2.05) is 42.6 Å². The van der Waals surface area contributed by atoms with Crippen LogP contribution in [0.4, 0.5) is 10.1 Å². The van der Waals surface area contributed by atoms with Crippen LogP contribution in [-0.2, 0) is 10.0 Å². The second-order valence-corrected chi connectivity index (χ2v) is 16.2. The molecule has 1 saturated heterocycles. The molecule has 1 aliphatic carbocycles. The Balaban J connectivity index is 1.11. The summed E-state index contributed by atoms with van der Waals surface area (Å²) in [5.41, 5.74) is 6.24. The van der Waals surface area contributed by atoms with E-state index in [9.17, 15) is 17.6 Å². The van der Waals surface area contributed by atoms with E-state index in [1.165, 1.54) is 28.8 Å². The Hall–Kier alpha value is -4.64. The van der Waals surface area contributed by atoms with Gasteiger partial charge in [0.05, 0.1) is 10.5 Å². The summed E-state index contributed by atoms with van der Waals surface area (Å²) in [6, 6.07) is 25.3. The summed E-state index contributed by atoms with van der Waals surface area (Å²) in [7, 11) is -4.35. The predicted molar refractivity (Wildman–Crippen MR) is 201 cm³/mol. The maximum Gasteiger partial charge on any atom is 0.268 e. The fourth-order valence-electron chi connectivity index (χ4n) is 6.97. The summed E-state index contributed by atoms with van der Waals surface area (Å²) < 4.78 is 48.3. The number of benzene rings is 4. The number of fused-ring (bicyclic) bond motifs is 1. The number of nitrogens with one attached hydrogen (secondary N) is 2. The van der Waals surface area contributed by atoms with Crippen LogP contribution in [0.3, 0.4) is 0 Å². The van der Waals surface area contributed by atoms with Crippen LogP contribution in [0.25, 0.3) is 16.5 Å². The Bertz CT molecular complexity index is 2220. The lowest BCUT2D eigenvalue weighted by atomic mass is 9.72. The molecule has 0 bridgehead atoms. The van der Waals surface area contributed by atoms with Crippen LogP contribution in [0.2, 0.25) is 5.02 Å². The first-order valence-corrected chi connectivity index (χ1v) is 18.9. The molecule has 2 aliphatic rings. The highest BCUT2D eigenvalue weighted by atomic mass is 35.5. The number of piperazine rings is 1. The number of hydrogen-bond acceptors (Lipinski definition) is 6. The largest absolute Gasteiger partial charge is 0.456 e. The molecule has 5 aromatic rings. The molecule has 1 aromatic heterocycles. The normalized spacial score (nSPS) is 16.7. The van der Waals surface area contributed by atoms with E-state index in [0.717, 1.165) is 85.7 Å². The van der Waals surface area contributed by atoms with Gasteiger partial charge in [-0.2, -0.15) is 0 Å². The van der Waals surface area contributed by atoms with Crippen molar-refractivity contribution in [2.24, 2.45) is 5.41 Å². The Kier molecular flexibility index (Phi) is 9.67. The number of nitrogens with zero attached hydrogens (tertiary/aromatic N) is 2. The Morgan fingerprint density at radius 3 is 2.51 bits per heavy atom. The second-order valence-electron chi connectivity index (χ2n) is 14.1. The molecule has 0 radical (unpaired) electrons. The molecule has 0 spiro atoms. The lowest BCUT2D eigenvalue weighted by Gasteiger charge is -2.39. The molecule has 51 heavy (non-hydrogen) atoms. The first-order chi connectivity index (χ1) is 24.4. The summed E-state index contributed by atoms with van der Waals surface area (Å²) in [5, 5.41) is 1.67. The van der Waals surface area contributed by atoms with Crippen molar-refractivity contribution >= 4 is 49.7 Å². The minimum absolute atomic E-state index is 0.0356. The number of aromatic amines is 1. The second kappa shape index (κ2) is 14.2. The molecule has 1 amide bonds. The number of H-pyrrole nitrogens is 1. The first kappa shape index (κ1) is 34.8. The molecule has 11 heteroatoms. The Labute approximate surface area is 302 Å². The monoisotopic (exact) mass is 726 g/mol. The van der Waals surface area contributed by atoms with Crippen molar-refractivity contribution in [3.63, 3.8) is 0 Å². The molecule has 264 valence electrons. The number of carbonyl (C=O) groups is 1. The van der Waals surface area contributed by atoms with Crippen LogP contribution in [0.5, 0.6) is 11.5 Å². The van der Waals surface area contributed by atoms with Crippen molar-refractivity contribution in [1.29, 1.82) is 0 Å². The summed E-state index contributed by atoms with van der Waals surface area (Å²) in [4.78, 5) is 21.1. The van der Waals surface area contributed by atoms with Gasteiger partial charge in [-0.15, -0.1) is 0 Å². The Morgan fingerprint density at radius 2 is 1.75 bits per heavy atom. The van der Waals surface area contributed by atoms with Gasteiger partial charge in [0.1, 0.15) is 17.3 Å². The van der Waals surface area contributed by atoms with Crippen molar-refractivity contribution < 1.29 is 22.3 Å². The maximum absolute atomic E-state index is 13.8. The highest BCUT2D eigenvalue weighted by molar-refractivity contribution is 7.90. The fraction of sp³-hybridized carbons (Fsp3) is 0.275. The number of halogens is 2. The van der Waals surface area contributed by atoms with Gasteiger partial charge < -0.3 is 14.6 Å². The first-order valence-electron chi connectivity index (χ1n) is 17.1. The molecule has 0 unspecified atom stereocenters. The lowest BCUT2D eigenvalue weighted by molar-refractivity contribution is 0.0979. The SMILES string of the molecule is CC1(C)CCC(CN2CCN(c3ccc(C(=O)NS(=O)(=O)c4cccc(F)c4)c(Oc4ccc5[nH]ccc5c4)c3)CC2)=C(c2ccc(Cl)cc2)C1. The Morgan fingerprint density at radius 1 is 0.961 bits per heavy atom. The van der Waals surface area contributed by atoms with E-state index in [0.29, 0.717) is 5.75 Å². The van der Waals surface area contributed by atoms with E-state index in [-0.39, 0.29) is 21.6 Å². The zero-order chi connectivity index (χ0) is 35.8. The van der Waals surface area contributed by atoms with Crippen molar-refractivity contribution in [3.05, 3.63) is 125 Å². The highest BCUT2D eigenvalue weighted by Gasteiger charge is 2.30. The van der Waals surface area contributed by atoms with Crippen LogP contribution < -0.4 is 14.4 Å². The van der Waals surface area contributed by atoms with Crippen LogP contribution in [0.1, 0.15) is 49.0 Å². The third-order valence-electron chi connectivity index (χ3n) is 9.83. The zero-order valence-corrected chi connectivity index (χ0v) is 30.2. The third kappa shape index (κ3) is 7.98. The van der Waals surface area contributed by atoms with E-state index >= 15 is 0 Å². The molecule has 0 saturated carbocycles. The van der Waals surface area contributed by atoms with Gasteiger partial charge in [-0.25, -0.2) is 17.5 Å². The number of rotatable bonds is 9. The number of anilines is 1. The van der Waals surface area contributed by atoms with Crippen molar-refractivity contribution in [2.45, 2.75) is 38.0 Å². The average Bonchev–Trinajstić information content (AvgIpc) is 3.58. The molecule has 1 aliphatic heterocycles. The average molecular weight is 727 g/mol. The third-order valence-corrected chi connectivity index (χ3v) is 11.4. The molecule has 4 aromatic carbocycles. The quantitative estimate of drug-likeness (QED) is 0.158. The minimum atomic E-state index is -4.35. The van der Waals surface area contributed by atoms with Crippen molar-refractivity contribution in [3.8, 4) is 11.5 Å². The highest BCUT2D eigenvalue weighted by Crippen LogP contribution is 2.43. The summed E-state index contributed by atoms with van der Waals surface area (Å²) in [6.07, 6.45) is 5.09. The number of aromatic nitrogens is 1. The van der Waals surface area contributed by atoms with Gasteiger partial charge in [-0.05, 0) is 103 Å². The van der Waals surface area contributed by atoms with E-state index in [1.54, 1.807) is 18.2 Å². The molecule has 1 fully saturated rings. The topological polar surface area (TPSA) is 94.7 Å². The number of hydrogen-bond donors (Lipinski definition) is 2. The van der Waals surface area contributed by atoms with Crippen LogP contribution in [0, 0.1) is 11.2 Å². The summed E-state index contributed by atoms with van der Waals surface area (Å²) in [5.74, 6) is -0.903. The van der Waals surface area contributed by atoms with E-state index in [4.69, 9.17) is 16.3 Å². The van der Waals surface area contributed by atoms with Crippen LogP contribution in [-0.4, -0.2) is 56.9 Å². The van der Waals surface area contributed by atoms with Gasteiger partial charge in [0, 0.05) is 66.6 Å². The molecule has 2 heterocycles. The van der Waals surface area contributed by atoms with Crippen molar-refractivity contribution in [2.75, 3.05) is 37.6 Å². The van der Waals surface area contributed by atoms with Crippen LogP contribution in [0.15, 0.2) is 108 Å². The molecule has 2 N–H and O–H groups in total. The standard InChI is InChI=1S/C40H40ClFN4O4S/c1-40(2)16-14-29(36(25-40)27-6-8-30(41)9-7-27)26-45-18-20-46(21-19-45)32-10-12-35(39(47)44-51(48,49)34-5-3-4-31(42)23-34)38(24-32)50-33-11-13-37-28(22-33)15-17-43-37/h3-13,15,17,22-24,43H,14,16,18-21,25-26H2,1-2H3,(H,44,47). The molecular formula is C40H40ClFN4O4S. The molecule has 7 rings (SSSR count). The minimum Gasteiger partial charge on any atom is -0.456 e. The smallest absolute Gasteiger partial charge is 0.268 e. The van der Waals surface area contributed by atoms with Gasteiger partial charge in [0.25, 0.3) is 15.9 Å². The zero-order valence-electron chi connectivity index (χ0n) is 28.6. The maximum atomic E-state index is 13.8. The number of amides is 1. The van der Waals surface area contributed by atoms with Gasteiger partial charge in [-0.3, -0.25) is 9.69 Å². The molecule has 8 nitrogen and oxygen atoms in total. The summed E-state index contributed by atoms with van der Waals surface area (Å²) >= 11 is 6.21. The van der Waals surface area contributed by atoms with E-state index < -0.39 is 21.7 Å². The predicted octanol–water partition coefficient (Wildman–Crippen LogP) is 8.66. The number of allylic oxidation sites excluding steroid dienone is 1. The van der Waals surface area contributed by atoms with Crippen molar-refractivity contribution in [1.82, 2.24) is 14.6 Å². The van der Waals surface area contributed by atoms with Crippen LogP contribution >= 0.6 is 11.6 Å². The molecule has 0 atom stereocenters. The van der Waals surface area contributed by atoms with Gasteiger partial charge in [-0.1, -0.05) is 49.2 Å². The van der Waals surface area contributed by atoms with Gasteiger partial charge in [0.15, 0.2) is 0 Å². The van der Waals surface area contributed by atoms with E-state index in [2.05, 4.69) is 45.5 Å². The number of sulfonamides is 1. The number of ether oxygens (including phenoxy) is 1. The van der Waals surface area contributed by atoms with Gasteiger partial charge in [0.2, 0.25) is 0 Å². The fourth-order valence-corrected chi connectivity index (χ4v) is 8.09. The van der Waals surface area contributed by atoms with Gasteiger partial charge >= 0.3 is 0 Å². The summed E-state index contributed by atoms with van der Waals surface area (Å²) in [6.45, 7) is 8.84. The molecular weight excluding hydrogens is 687 g/mol. The number of carbonyl (C=O) groups excluding carboxylic acids is 1. The lowest BCUT2D eigenvalue weighted by Crippen LogP contribution is -2.47.